The summed E-state index contributed by atoms with van der Waals surface area (Å²) < 4.78 is 1.82. The zero-order valence-electron chi connectivity index (χ0n) is 20.4. The van der Waals surface area contributed by atoms with Gasteiger partial charge >= 0.3 is 0 Å². The highest BCUT2D eigenvalue weighted by Gasteiger charge is 2.44. The molecule has 4 atom stereocenters. The van der Waals surface area contributed by atoms with E-state index in [0.717, 1.165) is 49.1 Å². The van der Waals surface area contributed by atoms with Crippen molar-refractivity contribution in [1.29, 1.82) is 0 Å². The van der Waals surface area contributed by atoms with Gasteiger partial charge in [0.2, 0.25) is 0 Å². The summed E-state index contributed by atoms with van der Waals surface area (Å²) in [6, 6.07) is 3.78. The molecule has 2 aliphatic carbocycles. The summed E-state index contributed by atoms with van der Waals surface area (Å²) in [5.74, 6) is 1.86. The van der Waals surface area contributed by atoms with Crippen molar-refractivity contribution >= 4 is 51.2 Å². The molecule has 6 rings (SSSR count). The van der Waals surface area contributed by atoms with Crippen LogP contribution in [0.1, 0.15) is 37.5 Å². The van der Waals surface area contributed by atoms with Crippen molar-refractivity contribution in [3.8, 4) is 0 Å². The van der Waals surface area contributed by atoms with Crippen LogP contribution in [0.2, 0.25) is 10.0 Å². The maximum Gasteiger partial charge on any atom is 0.165 e. The first-order valence-corrected chi connectivity index (χ1v) is 13.4. The van der Waals surface area contributed by atoms with E-state index in [1.807, 2.05) is 10.6 Å². The van der Waals surface area contributed by atoms with E-state index in [-0.39, 0.29) is 12.0 Å². The van der Waals surface area contributed by atoms with E-state index in [9.17, 15) is 10.2 Å². The number of H-pyrrole nitrogens is 1. The third kappa shape index (κ3) is 4.55. The second-order valence-corrected chi connectivity index (χ2v) is 11.4. The molecule has 0 radical (unpaired) electrons. The number of nitrogen functional groups attached to an aromatic ring is 1. The number of hydrogen-bond acceptors (Lipinski definition) is 8. The molecule has 5 N–H and O–H groups in total. The van der Waals surface area contributed by atoms with Crippen molar-refractivity contribution in [2.45, 2.75) is 56.4 Å². The van der Waals surface area contributed by atoms with Crippen molar-refractivity contribution in [2.75, 3.05) is 19.3 Å². The van der Waals surface area contributed by atoms with E-state index < -0.39 is 12.2 Å². The van der Waals surface area contributed by atoms with Crippen LogP contribution in [-0.4, -0.2) is 76.4 Å². The molecule has 2 aliphatic rings. The second-order valence-electron chi connectivity index (χ2n) is 10.6. The molecule has 3 aromatic heterocycles. The van der Waals surface area contributed by atoms with Gasteiger partial charge in [-0.15, -0.1) is 0 Å². The Balaban J connectivity index is 1.02. The third-order valence-electron chi connectivity index (χ3n) is 8.23. The van der Waals surface area contributed by atoms with Gasteiger partial charge in [-0.3, -0.25) is 0 Å². The molecule has 0 spiro atoms. The van der Waals surface area contributed by atoms with E-state index in [1.54, 1.807) is 12.4 Å². The number of hydrogen-bond donors (Lipinski definition) is 4. The second kappa shape index (κ2) is 9.67. The SMILES string of the molecule is CN(C[C@H]1C[C@@H](n2cnc3c(N)ncnc32)[C@H](O)[C@@H]1O)C1CC(CCc2nc3cc(Cl)c(Cl)cc3[nH]2)C1. The Morgan fingerprint density at radius 2 is 1.89 bits per heavy atom. The minimum absolute atomic E-state index is 0.0464. The number of nitrogens with one attached hydrogen (secondary N) is 1. The van der Waals surface area contributed by atoms with Crippen molar-refractivity contribution in [3.63, 3.8) is 0 Å². The Morgan fingerprint density at radius 1 is 1.11 bits per heavy atom. The molecular formula is C25H30Cl2N8O2. The number of halogens is 2. The Hall–Kier alpha value is -2.50. The third-order valence-corrected chi connectivity index (χ3v) is 8.96. The van der Waals surface area contributed by atoms with Crippen LogP contribution in [0, 0.1) is 11.8 Å². The summed E-state index contributed by atoms with van der Waals surface area (Å²) in [6.07, 6.45) is 6.14. The molecule has 10 nitrogen and oxygen atoms in total. The molecule has 2 saturated carbocycles. The van der Waals surface area contributed by atoms with Gasteiger partial charge in [0.1, 0.15) is 23.8 Å². The van der Waals surface area contributed by atoms with Gasteiger partial charge < -0.3 is 30.4 Å². The van der Waals surface area contributed by atoms with Crippen molar-refractivity contribution < 1.29 is 10.2 Å². The van der Waals surface area contributed by atoms with Gasteiger partial charge in [-0.1, -0.05) is 23.2 Å². The maximum atomic E-state index is 10.8. The lowest BCUT2D eigenvalue weighted by Gasteiger charge is -2.42. The normalized spacial score (nSPS) is 27.9. The van der Waals surface area contributed by atoms with Gasteiger partial charge in [0.25, 0.3) is 0 Å². The smallest absolute Gasteiger partial charge is 0.165 e. The lowest BCUT2D eigenvalue weighted by molar-refractivity contribution is -0.00662. The van der Waals surface area contributed by atoms with Crippen LogP contribution in [0.4, 0.5) is 5.82 Å². The molecule has 1 aromatic carbocycles. The van der Waals surface area contributed by atoms with Crippen molar-refractivity contribution in [1.82, 2.24) is 34.4 Å². The van der Waals surface area contributed by atoms with Gasteiger partial charge in [-0.2, -0.15) is 0 Å². The standard InChI is InChI=1S/C25H30Cl2N8O2/c1-34(14-4-12(5-14)2-3-20-32-17-7-15(26)16(27)8-18(17)33-20)9-13-6-19(23(37)22(13)36)35-11-31-21-24(28)29-10-30-25(21)35/h7-8,10-14,19,22-23,36-37H,2-6,9H2,1H3,(H,32,33)(H2,28,29,30)/t12?,13-,14?,19-,22-,23+/m1/s1. The highest BCUT2D eigenvalue weighted by Crippen LogP contribution is 2.40. The summed E-state index contributed by atoms with van der Waals surface area (Å²) in [4.78, 5) is 22.9. The van der Waals surface area contributed by atoms with Crippen molar-refractivity contribution in [2.24, 2.45) is 11.8 Å². The number of nitrogens with two attached hydrogens (primary N) is 1. The highest BCUT2D eigenvalue weighted by molar-refractivity contribution is 6.42. The number of imidazole rings is 2. The molecule has 2 fully saturated rings. The van der Waals surface area contributed by atoms with Crippen LogP contribution >= 0.6 is 23.2 Å². The van der Waals surface area contributed by atoms with Crippen molar-refractivity contribution in [3.05, 3.63) is 40.7 Å². The maximum absolute atomic E-state index is 10.8. The first kappa shape index (κ1) is 24.8. The number of anilines is 1. The molecule has 0 amide bonds. The number of fused-ring (bicyclic) bond motifs is 2. The molecule has 0 bridgehead atoms. The van der Waals surface area contributed by atoms with Gasteiger partial charge in [0.05, 0.1) is 39.6 Å². The van der Waals surface area contributed by atoms with Crippen LogP contribution in [-0.2, 0) is 6.42 Å². The average molecular weight is 545 g/mol. The number of aromatic amines is 1. The summed E-state index contributed by atoms with van der Waals surface area (Å²) in [6.45, 7) is 0.723. The lowest BCUT2D eigenvalue weighted by Crippen LogP contribution is -2.46. The topological polar surface area (TPSA) is 142 Å². The molecule has 196 valence electrons. The molecular weight excluding hydrogens is 515 g/mol. The first-order chi connectivity index (χ1) is 17.8. The predicted molar refractivity (Wildman–Crippen MR) is 142 cm³/mol. The summed E-state index contributed by atoms with van der Waals surface area (Å²) >= 11 is 12.2. The molecule has 0 aliphatic heterocycles. The van der Waals surface area contributed by atoms with E-state index in [1.165, 1.54) is 6.33 Å². The van der Waals surface area contributed by atoms with E-state index in [0.29, 0.717) is 45.4 Å². The van der Waals surface area contributed by atoms with E-state index in [2.05, 4.69) is 36.9 Å². The minimum Gasteiger partial charge on any atom is -0.390 e. The van der Waals surface area contributed by atoms with E-state index in [4.69, 9.17) is 28.9 Å². The van der Waals surface area contributed by atoms with Crippen LogP contribution in [0.3, 0.4) is 0 Å². The molecule has 37 heavy (non-hydrogen) atoms. The van der Waals surface area contributed by atoms with E-state index >= 15 is 0 Å². The number of aromatic nitrogens is 6. The fraction of sp³-hybridized carbons (Fsp3) is 0.520. The van der Waals surface area contributed by atoms with Gasteiger partial charge in [0, 0.05) is 24.9 Å². The number of benzene rings is 1. The molecule has 3 heterocycles. The number of nitrogens with zero attached hydrogens (tertiary/aromatic N) is 6. The van der Waals surface area contributed by atoms with Crippen LogP contribution in [0.15, 0.2) is 24.8 Å². The Kier molecular flexibility index (Phi) is 6.48. The summed E-state index contributed by atoms with van der Waals surface area (Å²) in [5.41, 5.74) is 8.75. The number of aliphatic hydroxyl groups excluding tert-OH is 2. The predicted octanol–water partition coefficient (Wildman–Crippen LogP) is 3.22. The molecule has 0 saturated heterocycles. The zero-order valence-corrected chi connectivity index (χ0v) is 21.9. The minimum atomic E-state index is -0.894. The lowest BCUT2D eigenvalue weighted by atomic mass is 9.76. The fourth-order valence-electron chi connectivity index (χ4n) is 6.00. The van der Waals surface area contributed by atoms with Gasteiger partial charge in [-0.05, 0) is 50.8 Å². The number of aryl methyl sites for hydroxylation is 1. The number of rotatable bonds is 7. The zero-order chi connectivity index (χ0) is 25.8. The molecule has 12 heteroatoms. The monoisotopic (exact) mass is 544 g/mol. The average Bonchev–Trinajstić information content (AvgIpc) is 3.51. The number of aliphatic hydroxyl groups is 2. The van der Waals surface area contributed by atoms with Crippen LogP contribution in [0.25, 0.3) is 22.2 Å². The Morgan fingerprint density at radius 3 is 2.70 bits per heavy atom. The van der Waals surface area contributed by atoms with Gasteiger partial charge in [0.15, 0.2) is 11.5 Å². The summed E-state index contributed by atoms with van der Waals surface area (Å²) in [5, 5.41) is 22.7. The Bertz CT molecular complexity index is 1400. The van der Waals surface area contributed by atoms with Crippen LogP contribution in [0.5, 0.6) is 0 Å². The molecule has 0 unspecified atom stereocenters. The largest absolute Gasteiger partial charge is 0.390 e. The van der Waals surface area contributed by atoms with Crippen LogP contribution < -0.4 is 5.73 Å². The Labute approximate surface area is 223 Å². The fourth-order valence-corrected chi connectivity index (χ4v) is 6.32. The quantitative estimate of drug-likeness (QED) is 0.277. The summed E-state index contributed by atoms with van der Waals surface area (Å²) in [7, 11) is 2.11. The highest BCUT2D eigenvalue weighted by atomic mass is 35.5. The van der Waals surface area contributed by atoms with Gasteiger partial charge in [-0.25, -0.2) is 19.9 Å². The first-order valence-electron chi connectivity index (χ1n) is 12.6. The molecule has 4 aromatic rings.